The molecule has 34 heavy (non-hydrogen) atoms. The van der Waals surface area contributed by atoms with Crippen LogP contribution in [-0.2, 0) is 10.5 Å². The Bertz CT molecular complexity index is 893. The van der Waals surface area contributed by atoms with Crippen LogP contribution in [0.4, 0.5) is 0 Å². The Morgan fingerprint density at radius 3 is 2.00 bits per heavy atom. The molecule has 1 heterocycles. The van der Waals surface area contributed by atoms with E-state index in [2.05, 4.69) is 59.7 Å². The normalized spacial score (nSPS) is 14.9. The molecule has 0 unspecified atom stereocenters. The van der Waals surface area contributed by atoms with Gasteiger partial charge in [-0.25, -0.2) is 0 Å². The number of halogens is 1. The summed E-state index contributed by atoms with van der Waals surface area (Å²) < 4.78 is 21.9. The van der Waals surface area contributed by atoms with Gasteiger partial charge in [-0.15, -0.1) is 35.9 Å². The number of rotatable bonds is 12. The molecule has 1 aliphatic rings. The van der Waals surface area contributed by atoms with Crippen molar-refractivity contribution in [2.45, 2.75) is 29.8 Å². The summed E-state index contributed by atoms with van der Waals surface area (Å²) in [5.41, 5.74) is 2.60. The van der Waals surface area contributed by atoms with Crippen molar-refractivity contribution < 1.29 is 18.9 Å². The van der Waals surface area contributed by atoms with Gasteiger partial charge in [0, 0.05) is 6.54 Å². The van der Waals surface area contributed by atoms with E-state index in [0.29, 0.717) is 0 Å². The van der Waals surface area contributed by atoms with E-state index in [-0.39, 0.29) is 16.5 Å². The quantitative estimate of drug-likeness (QED) is 0.329. The number of thioether (sulfide) groups is 2. The maximum atomic E-state index is 5.59. The van der Waals surface area contributed by atoms with Gasteiger partial charge < -0.3 is 23.8 Å². The minimum Gasteiger partial charge on any atom is -0.493 e. The van der Waals surface area contributed by atoms with Crippen LogP contribution in [0.3, 0.4) is 0 Å². The van der Waals surface area contributed by atoms with Crippen LogP contribution in [-0.4, -0.2) is 65.0 Å². The van der Waals surface area contributed by atoms with E-state index in [4.69, 9.17) is 18.9 Å². The second-order valence-electron chi connectivity index (χ2n) is 8.22. The minimum atomic E-state index is 0. The summed E-state index contributed by atoms with van der Waals surface area (Å²) in [6.07, 6.45) is 4.55. The summed E-state index contributed by atoms with van der Waals surface area (Å²) in [4.78, 5) is 2.43. The van der Waals surface area contributed by atoms with Gasteiger partial charge in [0.1, 0.15) is 0 Å². The summed E-state index contributed by atoms with van der Waals surface area (Å²) in [6, 6.07) is 12.6. The highest BCUT2D eigenvalue weighted by molar-refractivity contribution is 8.18. The first-order valence-corrected chi connectivity index (χ1v) is 13.4. The summed E-state index contributed by atoms with van der Waals surface area (Å²) >= 11 is 4.18. The number of ether oxygens (including phenoxy) is 4. The van der Waals surface area contributed by atoms with Gasteiger partial charge in [-0.05, 0) is 86.2 Å². The van der Waals surface area contributed by atoms with Crippen molar-refractivity contribution in [1.82, 2.24) is 4.90 Å². The molecule has 2 aromatic rings. The van der Waals surface area contributed by atoms with E-state index in [1.807, 2.05) is 12.1 Å². The molecule has 5 nitrogen and oxygen atoms in total. The van der Waals surface area contributed by atoms with Gasteiger partial charge in [0.05, 0.1) is 32.5 Å². The maximum Gasteiger partial charge on any atom is 0.161 e. The molecule has 1 aliphatic heterocycles. The fourth-order valence-electron chi connectivity index (χ4n) is 4.15. The lowest BCUT2D eigenvalue weighted by atomic mass is 10.1. The molecule has 190 valence electrons. The monoisotopic (exact) mass is 527 g/mol. The molecule has 8 heteroatoms. The summed E-state index contributed by atoms with van der Waals surface area (Å²) in [5.74, 6) is 5.58. The molecule has 0 amide bonds. The van der Waals surface area contributed by atoms with Gasteiger partial charge in [0.15, 0.2) is 23.0 Å². The van der Waals surface area contributed by atoms with Gasteiger partial charge in [-0.2, -0.15) is 0 Å². The molecule has 0 saturated carbocycles. The highest BCUT2D eigenvalue weighted by Crippen LogP contribution is 2.54. The zero-order chi connectivity index (χ0) is 23.7. The van der Waals surface area contributed by atoms with E-state index in [0.717, 1.165) is 55.4 Å². The van der Waals surface area contributed by atoms with Gasteiger partial charge >= 0.3 is 0 Å². The number of hydrogen-bond acceptors (Lipinski definition) is 7. The van der Waals surface area contributed by atoms with Crippen molar-refractivity contribution in [3.8, 4) is 23.0 Å². The van der Waals surface area contributed by atoms with E-state index in [1.54, 1.807) is 28.4 Å². The molecule has 1 fully saturated rings. The Balaban J connectivity index is 0.00000408. The lowest BCUT2D eigenvalue weighted by Gasteiger charge is -2.37. The standard InChI is InChI=1S/C26H37NO4S2.ClH/c1-27(15-12-20-8-10-22(28-2)24(18-20)30-4)14-6-13-26(32-16-7-17-33-26)21-9-11-23(29-3)25(19-21)31-5;/h8-11,18-19H,6-7,12-17H2,1-5H3;1H. The highest BCUT2D eigenvalue weighted by atomic mass is 35.5. The summed E-state index contributed by atoms with van der Waals surface area (Å²) in [6.45, 7) is 2.09. The second kappa shape index (κ2) is 14.2. The van der Waals surface area contributed by atoms with Crippen LogP contribution in [0.5, 0.6) is 23.0 Å². The van der Waals surface area contributed by atoms with Crippen molar-refractivity contribution in [3.63, 3.8) is 0 Å². The van der Waals surface area contributed by atoms with Crippen LogP contribution in [0.1, 0.15) is 30.4 Å². The predicted molar refractivity (Wildman–Crippen MR) is 148 cm³/mol. The van der Waals surface area contributed by atoms with E-state index in [1.165, 1.54) is 29.1 Å². The van der Waals surface area contributed by atoms with E-state index >= 15 is 0 Å². The number of methoxy groups -OCH3 is 4. The lowest BCUT2D eigenvalue weighted by molar-refractivity contribution is 0.327. The second-order valence-corrected chi connectivity index (χ2v) is 11.3. The van der Waals surface area contributed by atoms with Gasteiger partial charge in [-0.1, -0.05) is 12.1 Å². The van der Waals surface area contributed by atoms with Crippen molar-refractivity contribution in [1.29, 1.82) is 0 Å². The number of nitrogens with zero attached hydrogens (tertiary/aromatic N) is 1. The molecule has 0 N–H and O–H groups in total. The van der Waals surface area contributed by atoms with Crippen molar-refractivity contribution in [3.05, 3.63) is 47.5 Å². The first-order valence-electron chi connectivity index (χ1n) is 11.4. The fraction of sp³-hybridized carbons (Fsp3) is 0.538. The van der Waals surface area contributed by atoms with Crippen molar-refractivity contribution in [2.75, 3.05) is 60.1 Å². The van der Waals surface area contributed by atoms with Crippen LogP contribution in [0.15, 0.2) is 36.4 Å². The minimum absolute atomic E-state index is 0. The fourth-order valence-corrected chi connectivity index (χ4v) is 7.57. The molecule has 0 spiro atoms. The first kappa shape index (κ1) is 28.8. The molecule has 0 radical (unpaired) electrons. The van der Waals surface area contributed by atoms with E-state index < -0.39 is 0 Å². The third kappa shape index (κ3) is 7.30. The average Bonchev–Trinajstić information content (AvgIpc) is 2.87. The van der Waals surface area contributed by atoms with Crippen LogP contribution in [0.25, 0.3) is 0 Å². The molecule has 3 rings (SSSR count). The van der Waals surface area contributed by atoms with Gasteiger partial charge in [-0.3, -0.25) is 0 Å². The molecule has 0 aliphatic carbocycles. The Kier molecular flexibility index (Phi) is 12.1. The first-order chi connectivity index (χ1) is 16.0. The maximum absolute atomic E-state index is 5.59. The number of hydrogen-bond donors (Lipinski definition) is 0. The molecule has 1 saturated heterocycles. The van der Waals surface area contributed by atoms with Gasteiger partial charge in [0.2, 0.25) is 0 Å². The summed E-state index contributed by atoms with van der Waals surface area (Å²) in [5, 5.41) is 0. The largest absolute Gasteiger partial charge is 0.493 e. The summed E-state index contributed by atoms with van der Waals surface area (Å²) in [7, 11) is 8.97. The zero-order valence-electron chi connectivity index (χ0n) is 20.9. The Hall–Kier alpha value is -1.41. The Morgan fingerprint density at radius 1 is 0.794 bits per heavy atom. The van der Waals surface area contributed by atoms with E-state index in [9.17, 15) is 0 Å². The average molecular weight is 528 g/mol. The SMILES string of the molecule is COc1ccc(CCN(C)CCCC2(c3ccc(OC)c(OC)c3)SCCCS2)cc1OC.Cl. The molecule has 0 aromatic heterocycles. The van der Waals surface area contributed by atoms with Gasteiger partial charge in [0.25, 0.3) is 0 Å². The third-order valence-corrected chi connectivity index (χ3v) is 9.56. The van der Waals surface area contributed by atoms with Crippen molar-refractivity contribution in [2.24, 2.45) is 0 Å². The topological polar surface area (TPSA) is 40.2 Å². The Morgan fingerprint density at radius 2 is 1.38 bits per heavy atom. The molecule has 2 aromatic carbocycles. The number of likely N-dealkylation sites (N-methyl/N-ethyl adjacent to an activating group) is 1. The molecular weight excluding hydrogens is 490 g/mol. The third-order valence-electron chi connectivity index (χ3n) is 6.06. The van der Waals surface area contributed by atoms with Crippen LogP contribution >= 0.6 is 35.9 Å². The smallest absolute Gasteiger partial charge is 0.161 e. The predicted octanol–water partition coefficient (Wildman–Crippen LogP) is 6.12. The van der Waals surface area contributed by atoms with Crippen LogP contribution < -0.4 is 18.9 Å². The number of benzene rings is 2. The lowest BCUT2D eigenvalue weighted by Crippen LogP contribution is -2.27. The highest BCUT2D eigenvalue weighted by Gasteiger charge is 2.36. The zero-order valence-corrected chi connectivity index (χ0v) is 23.4. The van der Waals surface area contributed by atoms with Crippen LogP contribution in [0, 0.1) is 0 Å². The molecule has 0 bridgehead atoms. The molecule has 0 atom stereocenters. The molecular formula is C26H38ClNO4S2. The van der Waals surface area contributed by atoms with Crippen molar-refractivity contribution >= 4 is 35.9 Å². The van der Waals surface area contributed by atoms with Crippen LogP contribution in [0.2, 0.25) is 0 Å². The Labute approximate surface area is 219 Å².